The number of nitrogens with zero attached hydrogens (tertiary/aromatic N) is 3. The number of piperazine rings is 1. The van der Waals surface area contributed by atoms with E-state index in [4.69, 9.17) is 4.74 Å². The molecule has 1 aromatic heterocycles. The van der Waals surface area contributed by atoms with Gasteiger partial charge < -0.3 is 14.5 Å². The van der Waals surface area contributed by atoms with Crippen LogP contribution in [0.25, 0.3) is 10.8 Å². The SMILES string of the molecule is CC(=O)N1CCN(c2cccc3c(OC(C)C)nc(C)cc23)CC1. The molecule has 2 aromatic rings. The molecule has 0 radical (unpaired) electrons. The van der Waals surface area contributed by atoms with E-state index in [0.29, 0.717) is 5.88 Å². The molecule has 1 aromatic carbocycles. The van der Waals surface area contributed by atoms with Crippen molar-refractivity contribution in [2.75, 3.05) is 31.1 Å². The van der Waals surface area contributed by atoms with Crippen LogP contribution in [0.15, 0.2) is 24.3 Å². The maximum absolute atomic E-state index is 11.5. The quantitative estimate of drug-likeness (QED) is 0.869. The molecule has 0 unspecified atom stereocenters. The molecule has 3 rings (SSSR count). The number of carbonyl (C=O) groups is 1. The highest BCUT2D eigenvalue weighted by atomic mass is 16.5. The number of ether oxygens (including phenoxy) is 1. The first-order valence-corrected chi connectivity index (χ1v) is 8.53. The van der Waals surface area contributed by atoms with Gasteiger partial charge in [-0.2, -0.15) is 0 Å². The molecule has 5 heteroatoms. The summed E-state index contributed by atoms with van der Waals surface area (Å²) < 4.78 is 5.92. The Morgan fingerprint density at radius 1 is 1.17 bits per heavy atom. The molecule has 1 aliphatic rings. The number of fused-ring (bicyclic) bond motifs is 1. The molecule has 1 aliphatic heterocycles. The summed E-state index contributed by atoms with van der Waals surface area (Å²) in [6.45, 7) is 10.9. The zero-order valence-electron chi connectivity index (χ0n) is 14.9. The van der Waals surface area contributed by atoms with E-state index in [1.54, 1.807) is 6.92 Å². The molecule has 0 atom stereocenters. The molecule has 24 heavy (non-hydrogen) atoms. The molecule has 2 heterocycles. The van der Waals surface area contributed by atoms with Crippen LogP contribution in [-0.2, 0) is 4.79 Å². The number of amides is 1. The van der Waals surface area contributed by atoms with Crippen molar-refractivity contribution in [3.63, 3.8) is 0 Å². The van der Waals surface area contributed by atoms with Crippen LogP contribution in [0.1, 0.15) is 26.5 Å². The molecule has 0 saturated carbocycles. The van der Waals surface area contributed by atoms with Crippen LogP contribution in [0.2, 0.25) is 0 Å². The molecule has 0 N–H and O–H groups in total. The smallest absolute Gasteiger partial charge is 0.221 e. The zero-order chi connectivity index (χ0) is 17.3. The van der Waals surface area contributed by atoms with Gasteiger partial charge >= 0.3 is 0 Å². The van der Waals surface area contributed by atoms with E-state index in [9.17, 15) is 4.79 Å². The molecule has 0 bridgehead atoms. The predicted molar refractivity (Wildman–Crippen MR) is 96.7 cm³/mol. The number of carbonyl (C=O) groups excluding carboxylic acids is 1. The number of aromatic nitrogens is 1. The fraction of sp³-hybridized carbons (Fsp3) is 0.474. The minimum absolute atomic E-state index is 0.0882. The number of anilines is 1. The van der Waals surface area contributed by atoms with Gasteiger partial charge in [0.25, 0.3) is 0 Å². The Hall–Kier alpha value is -2.30. The summed E-state index contributed by atoms with van der Waals surface area (Å²) in [5.74, 6) is 0.851. The maximum atomic E-state index is 11.5. The highest BCUT2D eigenvalue weighted by molar-refractivity contribution is 5.97. The summed E-state index contributed by atoms with van der Waals surface area (Å²) in [6, 6.07) is 8.38. The minimum Gasteiger partial charge on any atom is -0.474 e. The summed E-state index contributed by atoms with van der Waals surface area (Å²) in [4.78, 5) is 20.4. The molecule has 0 spiro atoms. The van der Waals surface area contributed by atoms with Crippen molar-refractivity contribution in [2.24, 2.45) is 0 Å². The molecule has 5 nitrogen and oxygen atoms in total. The van der Waals surface area contributed by atoms with Crippen LogP contribution < -0.4 is 9.64 Å². The summed E-state index contributed by atoms with van der Waals surface area (Å²) in [5, 5.41) is 2.21. The summed E-state index contributed by atoms with van der Waals surface area (Å²) in [5.41, 5.74) is 2.14. The van der Waals surface area contributed by atoms with Crippen molar-refractivity contribution in [3.8, 4) is 5.88 Å². The zero-order valence-corrected chi connectivity index (χ0v) is 14.9. The van der Waals surface area contributed by atoms with Gasteiger partial charge in [-0.05, 0) is 39.0 Å². The molecule has 128 valence electrons. The van der Waals surface area contributed by atoms with E-state index in [2.05, 4.69) is 34.1 Å². The third kappa shape index (κ3) is 3.30. The molecule has 0 aliphatic carbocycles. The van der Waals surface area contributed by atoms with Crippen LogP contribution in [0.3, 0.4) is 0 Å². The van der Waals surface area contributed by atoms with Gasteiger partial charge in [0.15, 0.2) is 0 Å². The minimum atomic E-state index is 0.0882. The van der Waals surface area contributed by atoms with Crippen molar-refractivity contribution in [1.29, 1.82) is 0 Å². The Morgan fingerprint density at radius 3 is 2.50 bits per heavy atom. The monoisotopic (exact) mass is 327 g/mol. The van der Waals surface area contributed by atoms with Gasteiger partial charge in [-0.1, -0.05) is 6.07 Å². The molecular weight excluding hydrogens is 302 g/mol. The summed E-state index contributed by atoms with van der Waals surface area (Å²) in [7, 11) is 0. The average Bonchev–Trinajstić information content (AvgIpc) is 2.54. The van der Waals surface area contributed by atoms with Crippen molar-refractivity contribution in [3.05, 3.63) is 30.0 Å². The van der Waals surface area contributed by atoms with Crippen molar-refractivity contribution in [1.82, 2.24) is 9.88 Å². The number of hydrogen-bond donors (Lipinski definition) is 0. The Bertz CT molecular complexity index is 750. The second kappa shape index (κ2) is 6.67. The third-order valence-corrected chi connectivity index (χ3v) is 4.36. The topological polar surface area (TPSA) is 45.7 Å². The van der Waals surface area contributed by atoms with Gasteiger partial charge in [-0.15, -0.1) is 0 Å². The number of hydrogen-bond acceptors (Lipinski definition) is 4. The summed E-state index contributed by atoms with van der Waals surface area (Å²) >= 11 is 0. The number of benzene rings is 1. The first kappa shape index (κ1) is 16.6. The molecule has 1 saturated heterocycles. The second-order valence-corrected chi connectivity index (χ2v) is 6.60. The lowest BCUT2D eigenvalue weighted by molar-refractivity contribution is -0.129. The van der Waals surface area contributed by atoms with Crippen molar-refractivity contribution in [2.45, 2.75) is 33.8 Å². The van der Waals surface area contributed by atoms with Crippen LogP contribution in [0.4, 0.5) is 5.69 Å². The Balaban J connectivity index is 1.97. The van der Waals surface area contributed by atoms with Gasteiger partial charge in [-0.3, -0.25) is 4.79 Å². The van der Waals surface area contributed by atoms with Gasteiger partial charge in [0, 0.05) is 55.3 Å². The molecule has 1 amide bonds. The van der Waals surface area contributed by atoms with Gasteiger partial charge in [-0.25, -0.2) is 4.98 Å². The largest absolute Gasteiger partial charge is 0.474 e. The average molecular weight is 327 g/mol. The van der Waals surface area contributed by atoms with Crippen LogP contribution in [-0.4, -0.2) is 48.1 Å². The predicted octanol–water partition coefficient (Wildman–Crippen LogP) is 3.00. The van der Waals surface area contributed by atoms with E-state index in [1.165, 1.54) is 5.69 Å². The van der Waals surface area contributed by atoms with E-state index in [-0.39, 0.29) is 12.0 Å². The Kier molecular flexibility index (Phi) is 4.60. The van der Waals surface area contributed by atoms with Gasteiger partial charge in [0.2, 0.25) is 11.8 Å². The highest BCUT2D eigenvalue weighted by Gasteiger charge is 2.21. The van der Waals surface area contributed by atoms with Crippen LogP contribution in [0, 0.1) is 6.92 Å². The normalized spacial score (nSPS) is 15.2. The first-order valence-electron chi connectivity index (χ1n) is 8.53. The Morgan fingerprint density at radius 2 is 1.88 bits per heavy atom. The lowest BCUT2D eigenvalue weighted by atomic mass is 10.1. The summed E-state index contributed by atoms with van der Waals surface area (Å²) in [6.07, 6.45) is 0.0882. The lowest BCUT2D eigenvalue weighted by Crippen LogP contribution is -2.48. The number of aryl methyl sites for hydroxylation is 1. The van der Waals surface area contributed by atoms with Crippen LogP contribution in [0.5, 0.6) is 5.88 Å². The first-order chi connectivity index (χ1) is 11.5. The van der Waals surface area contributed by atoms with E-state index in [1.807, 2.05) is 25.7 Å². The van der Waals surface area contributed by atoms with E-state index < -0.39 is 0 Å². The fourth-order valence-electron chi connectivity index (χ4n) is 3.20. The van der Waals surface area contributed by atoms with Crippen molar-refractivity contribution >= 4 is 22.4 Å². The second-order valence-electron chi connectivity index (χ2n) is 6.60. The highest BCUT2D eigenvalue weighted by Crippen LogP contribution is 2.33. The maximum Gasteiger partial charge on any atom is 0.221 e. The molecular formula is C19H25N3O2. The Labute approximate surface area is 143 Å². The fourth-order valence-corrected chi connectivity index (χ4v) is 3.20. The van der Waals surface area contributed by atoms with Crippen molar-refractivity contribution < 1.29 is 9.53 Å². The lowest BCUT2D eigenvalue weighted by Gasteiger charge is -2.36. The number of pyridine rings is 1. The van der Waals surface area contributed by atoms with E-state index in [0.717, 1.165) is 42.6 Å². The third-order valence-electron chi connectivity index (χ3n) is 4.36. The number of rotatable bonds is 3. The van der Waals surface area contributed by atoms with Gasteiger partial charge in [0.05, 0.1) is 6.10 Å². The standard InChI is InChI=1S/C19H25N3O2/c1-13(2)24-19-16-6-5-7-18(17(16)12-14(3)20-19)22-10-8-21(9-11-22)15(4)23/h5-7,12-13H,8-11H2,1-4H3. The van der Waals surface area contributed by atoms with Gasteiger partial charge in [0.1, 0.15) is 0 Å². The van der Waals surface area contributed by atoms with E-state index >= 15 is 0 Å². The van der Waals surface area contributed by atoms with Crippen LogP contribution >= 0.6 is 0 Å². The molecule has 1 fully saturated rings.